The first-order valence-electron chi connectivity index (χ1n) is 9.02. The number of hydrogen-bond donors (Lipinski definition) is 2. The van der Waals surface area contributed by atoms with E-state index in [-0.39, 0.29) is 41.0 Å². The summed E-state index contributed by atoms with van der Waals surface area (Å²) in [6.07, 6.45) is 5.39. The van der Waals surface area contributed by atoms with Gasteiger partial charge in [0.25, 0.3) is 0 Å². The molecule has 1 saturated carbocycles. The minimum absolute atomic E-state index is 0.0691. The monoisotopic (exact) mass is 407 g/mol. The fourth-order valence-electron chi connectivity index (χ4n) is 4.11. The van der Waals surface area contributed by atoms with Crippen LogP contribution in [0.4, 0.5) is 5.13 Å². The average Bonchev–Trinajstić information content (AvgIpc) is 3.01. The van der Waals surface area contributed by atoms with E-state index in [1.54, 1.807) is 12.1 Å². The Kier molecular flexibility index (Phi) is 4.67. The molecule has 4 rings (SSSR count). The van der Waals surface area contributed by atoms with E-state index >= 15 is 0 Å². The Hall–Kier alpha value is -2.00. The van der Waals surface area contributed by atoms with Crippen molar-refractivity contribution in [3.63, 3.8) is 0 Å². The maximum Gasteiger partial charge on any atom is 0.230 e. The lowest BCUT2D eigenvalue weighted by atomic mass is 9.72. The number of carbonyl (C=O) groups is 2. The quantitative estimate of drug-likeness (QED) is 0.812. The topological polar surface area (TPSA) is 105 Å². The third kappa shape index (κ3) is 3.70. The Labute approximate surface area is 161 Å². The van der Waals surface area contributed by atoms with E-state index < -0.39 is 9.84 Å². The second kappa shape index (κ2) is 6.87. The van der Waals surface area contributed by atoms with Gasteiger partial charge in [-0.1, -0.05) is 24.2 Å². The number of nitrogens with one attached hydrogen (secondary N) is 2. The van der Waals surface area contributed by atoms with Crippen molar-refractivity contribution in [1.82, 2.24) is 10.3 Å². The van der Waals surface area contributed by atoms with E-state index in [2.05, 4.69) is 15.6 Å². The number of thiazole rings is 1. The van der Waals surface area contributed by atoms with Crippen molar-refractivity contribution in [3.05, 3.63) is 18.2 Å². The highest BCUT2D eigenvalue weighted by Crippen LogP contribution is 2.36. The van der Waals surface area contributed by atoms with Crippen molar-refractivity contribution in [1.29, 1.82) is 0 Å². The van der Waals surface area contributed by atoms with E-state index in [0.717, 1.165) is 31.9 Å². The van der Waals surface area contributed by atoms with Gasteiger partial charge in [-0.05, 0) is 37.0 Å². The first-order valence-corrected chi connectivity index (χ1v) is 11.7. The second-order valence-electron chi connectivity index (χ2n) is 7.34. The summed E-state index contributed by atoms with van der Waals surface area (Å²) in [4.78, 5) is 29.5. The van der Waals surface area contributed by atoms with Crippen molar-refractivity contribution < 1.29 is 18.0 Å². The lowest BCUT2D eigenvalue weighted by Gasteiger charge is -2.40. The van der Waals surface area contributed by atoms with Crippen molar-refractivity contribution in [2.45, 2.75) is 43.0 Å². The molecule has 2 fully saturated rings. The summed E-state index contributed by atoms with van der Waals surface area (Å²) in [5, 5.41) is 6.30. The Balaban J connectivity index is 1.56. The molecule has 2 heterocycles. The number of hydrogen-bond acceptors (Lipinski definition) is 6. The smallest absolute Gasteiger partial charge is 0.230 e. The third-order valence-corrected chi connectivity index (χ3v) is 7.49. The maximum absolute atomic E-state index is 12.9. The highest BCUT2D eigenvalue weighted by molar-refractivity contribution is 7.90. The lowest BCUT2D eigenvalue weighted by molar-refractivity contribution is -0.134. The van der Waals surface area contributed by atoms with Crippen LogP contribution in [0.25, 0.3) is 10.2 Å². The van der Waals surface area contributed by atoms with Gasteiger partial charge in [-0.2, -0.15) is 0 Å². The van der Waals surface area contributed by atoms with Crippen LogP contribution in [0.15, 0.2) is 23.1 Å². The summed E-state index contributed by atoms with van der Waals surface area (Å²) in [5.74, 6) is -0.421. The number of amides is 2. The van der Waals surface area contributed by atoms with Crippen LogP contribution in [0.3, 0.4) is 0 Å². The van der Waals surface area contributed by atoms with E-state index in [4.69, 9.17) is 0 Å². The molecule has 144 valence electrons. The molecule has 1 saturated heterocycles. The second-order valence-corrected chi connectivity index (χ2v) is 10.4. The summed E-state index contributed by atoms with van der Waals surface area (Å²) in [6.45, 7) is 0. The van der Waals surface area contributed by atoms with Crippen LogP contribution in [0.2, 0.25) is 0 Å². The minimum Gasteiger partial charge on any atom is -0.353 e. The highest BCUT2D eigenvalue weighted by Gasteiger charge is 2.41. The van der Waals surface area contributed by atoms with Crippen LogP contribution in [0.5, 0.6) is 0 Å². The van der Waals surface area contributed by atoms with E-state index in [9.17, 15) is 18.0 Å². The van der Waals surface area contributed by atoms with Gasteiger partial charge in [0.2, 0.25) is 11.8 Å². The molecule has 1 aromatic carbocycles. The largest absolute Gasteiger partial charge is 0.353 e. The Morgan fingerprint density at radius 3 is 2.85 bits per heavy atom. The minimum atomic E-state index is -3.30. The molecular weight excluding hydrogens is 386 g/mol. The van der Waals surface area contributed by atoms with E-state index in [0.29, 0.717) is 15.3 Å². The van der Waals surface area contributed by atoms with Gasteiger partial charge in [0, 0.05) is 18.7 Å². The fourth-order valence-corrected chi connectivity index (χ4v) is 5.74. The molecule has 2 aliphatic rings. The van der Waals surface area contributed by atoms with Crippen molar-refractivity contribution >= 4 is 48.3 Å². The zero-order valence-electron chi connectivity index (χ0n) is 14.9. The average molecular weight is 408 g/mol. The highest BCUT2D eigenvalue weighted by atomic mass is 32.2. The number of fused-ring (bicyclic) bond motifs is 2. The van der Waals surface area contributed by atoms with Crippen LogP contribution in [0, 0.1) is 11.8 Å². The maximum atomic E-state index is 12.9. The predicted molar refractivity (Wildman–Crippen MR) is 103 cm³/mol. The SMILES string of the molecule is CS(=O)(=O)c1ccc2nc(NC(=O)C3CC(=O)NC4CCCCC43)sc2c1. The van der Waals surface area contributed by atoms with Crippen LogP contribution in [-0.2, 0) is 19.4 Å². The summed E-state index contributed by atoms with van der Waals surface area (Å²) >= 11 is 1.24. The first kappa shape index (κ1) is 18.4. The van der Waals surface area contributed by atoms with Gasteiger partial charge in [0.05, 0.1) is 21.0 Å². The van der Waals surface area contributed by atoms with Crippen LogP contribution in [-0.4, -0.2) is 37.5 Å². The molecule has 7 nitrogen and oxygen atoms in total. The van der Waals surface area contributed by atoms with Crippen LogP contribution in [0.1, 0.15) is 32.1 Å². The Morgan fingerprint density at radius 2 is 2.07 bits per heavy atom. The number of rotatable bonds is 3. The first-order chi connectivity index (χ1) is 12.8. The molecule has 0 radical (unpaired) electrons. The van der Waals surface area contributed by atoms with Crippen molar-refractivity contribution in [2.75, 3.05) is 11.6 Å². The third-order valence-electron chi connectivity index (χ3n) is 5.44. The van der Waals surface area contributed by atoms with Crippen molar-refractivity contribution in [2.24, 2.45) is 11.8 Å². The molecule has 0 bridgehead atoms. The van der Waals surface area contributed by atoms with Gasteiger partial charge in [0.1, 0.15) is 0 Å². The van der Waals surface area contributed by atoms with Gasteiger partial charge >= 0.3 is 0 Å². The number of nitrogens with zero attached hydrogens (tertiary/aromatic N) is 1. The molecule has 1 aliphatic heterocycles. The van der Waals surface area contributed by atoms with Gasteiger partial charge in [-0.25, -0.2) is 13.4 Å². The predicted octanol–water partition coefficient (Wildman–Crippen LogP) is 2.33. The summed E-state index contributed by atoms with van der Waals surface area (Å²) < 4.78 is 24.1. The molecule has 2 amide bonds. The molecule has 3 unspecified atom stereocenters. The van der Waals surface area contributed by atoms with E-state index in [1.807, 2.05) is 0 Å². The Bertz CT molecular complexity index is 1010. The van der Waals surface area contributed by atoms with Crippen LogP contribution < -0.4 is 10.6 Å². The molecule has 27 heavy (non-hydrogen) atoms. The van der Waals surface area contributed by atoms with Crippen molar-refractivity contribution in [3.8, 4) is 0 Å². The molecule has 1 aromatic heterocycles. The molecule has 0 spiro atoms. The number of aromatic nitrogens is 1. The zero-order chi connectivity index (χ0) is 19.2. The molecular formula is C18H21N3O4S2. The number of benzene rings is 1. The Morgan fingerprint density at radius 1 is 1.30 bits per heavy atom. The van der Waals surface area contributed by atoms with Gasteiger partial charge in [-0.15, -0.1) is 0 Å². The standard InChI is InChI=1S/C18H21N3O4S2/c1-27(24,25)10-6-7-14-15(8-10)26-18(20-14)21-17(23)12-9-16(22)19-13-5-3-2-4-11(12)13/h6-8,11-13H,2-5,9H2,1H3,(H,19,22)(H,20,21,23). The van der Waals surface area contributed by atoms with Gasteiger partial charge in [-0.3, -0.25) is 9.59 Å². The molecule has 2 N–H and O–H groups in total. The van der Waals surface area contributed by atoms with E-state index in [1.165, 1.54) is 17.4 Å². The lowest BCUT2D eigenvalue weighted by Crippen LogP contribution is -2.53. The zero-order valence-corrected chi connectivity index (χ0v) is 16.5. The molecule has 1 aliphatic carbocycles. The van der Waals surface area contributed by atoms with Crippen LogP contribution >= 0.6 is 11.3 Å². The number of anilines is 1. The van der Waals surface area contributed by atoms with Gasteiger partial charge < -0.3 is 10.6 Å². The summed E-state index contributed by atoms with van der Waals surface area (Å²) in [6, 6.07) is 4.82. The summed E-state index contributed by atoms with van der Waals surface area (Å²) in [7, 11) is -3.30. The normalized spacial score (nSPS) is 25.7. The number of sulfone groups is 1. The fraction of sp³-hybridized carbons (Fsp3) is 0.500. The number of piperidine rings is 1. The molecule has 2 aromatic rings. The number of carbonyl (C=O) groups excluding carboxylic acids is 2. The molecule has 9 heteroatoms. The molecule has 3 atom stereocenters. The summed E-state index contributed by atoms with van der Waals surface area (Å²) in [5.41, 5.74) is 0.639. The van der Waals surface area contributed by atoms with Gasteiger partial charge in [0.15, 0.2) is 15.0 Å².